The topological polar surface area (TPSA) is 96.0 Å². The van der Waals surface area contributed by atoms with Gasteiger partial charge in [0.05, 0.1) is 18.1 Å². The number of nitrogens with zero attached hydrogens (tertiary/aromatic N) is 2. The molecule has 136 valence electrons. The molecule has 27 heavy (non-hydrogen) atoms. The minimum atomic E-state index is -0.438. The van der Waals surface area contributed by atoms with Crippen LogP contribution in [0.25, 0.3) is 0 Å². The Bertz CT molecular complexity index is 959. The molecule has 8 heteroatoms. The summed E-state index contributed by atoms with van der Waals surface area (Å²) >= 11 is 0. The van der Waals surface area contributed by atoms with Gasteiger partial charge < -0.3 is 16.0 Å². The summed E-state index contributed by atoms with van der Waals surface area (Å²) in [5.41, 5.74) is 1.55. The third-order valence-corrected chi connectivity index (χ3v) is 3.48. The van der Waals surface area contributed by atoms with Gasteiger partial charge in [-0.15, -0.1) is 0 Å². The average molecular weight is 365 g/mol. The van der Waals surface area contributed by atoms with E-state index in [1.54, 1.807) is 42.5 Å². The SMILES string of the molecule is CC(=O)Nc1ccc(NC(=O)c2cnc(Nc3ccccc3F)cn2)cc1. The Morgan fingerprint density at radius 1 is 0.889 bits per heavy atom. The number of rotatable bonds is 5. The fraction of sp³-hybridized carbons (Fsp3) is 0.0526. The van der Waals surface area contributed by atoms with Crippen LogP contribution in [-0.2, 0) is 4.79 Å². The van der Waals surface area contributed by atoms with Crippen molar-refractivity contribution in [2.75, 3.05) is 16.0 Å². The summed E-state index contributed by atoms with van der Waals surface area (Å²) in [6.07, 6.45) is 2.64. The van der Waals surface area contributed by atoms with E-state index >= 15 is 0 Å². The lowest BCUT2D eigenvalue weighted by atomic mass is 10.2. The minimum absolute atomic E-state index is 0.111. The van der Waals surface area contributed by atoms with Gasteiger partial charge in [0, 0.05) is 18.3 Å². The summed E-state index contributed by atoms with van der Waals surface area (Å²) in [7, 11) is 0. The summed E-state index contributed by atoms with van der Waals surface area (Å²) in [6.45, 7) is 1.42. The number of anilines is 4. The quantitative estimate of drug-likeness (QED) is 0.642. The van der Waals surface area contributed by atoms with Gasteiger partial charge in [-0.2, -0.15) is 0 Å². The largest absolute Gasteiger partial charge is 0.337 e. The van der Waals surface area contributed by atoms with E-state index in [2.05, 4.69) is 25.9 Å². The van der Waals surface area contributed by atoms with Crippen LogP contribution in [0.3, 0.4) is 0 Å². The Morgan fingerprint density at radius 3 is 2.15 bits per heavy atom. The predicted molar refractivity (Wildman–Crippen MR) is 100 cm³/mol. The molecular weight excluding hydrogens is 349 g/mol. The first-order valence-electron chi connectivity index (χ1n) is 8.04. The molecule has 0 saturated heterocycles. The Morgan fingerprint density at radius 2 is 1.56 bits per heavy atom. The van der Waals surface area contributed by atoms with E-state index < -0.39 is 11.7 Å². The summed E-state index contributed by atoms with van der Waals surface area (Å²) in [5.74, 6) is -0.710. The Kier molecular flexibility index (Phi) is 5.36. The number of amides is 2. The lowest BCUT2D eigenvalue weighted by Gasteiger charge is -2.08. The first-order chi connectivity index (χ1) is 13.0. The number of hydrogen-bond donors (Lipinski definition) is 3. The van der Waals surface area contributed by atoms with Crippen LogP contribution in [0.5, 0.6) is 0 Å². The summed E-state index contributed by atoms with van der Waals surface area (Å²) in [4.78, 5) is 31.4. The van der Waals surface area contributed by atoms with Crippen molar-refractivity contribution in [1.82, 2.24) is 9.97 Å². The second kappa shape index (κ2) is 8.05. The van der Waals surface area contributed by atoms with Crippen molar-refractivity contribution in [3.63, 3.8) is 0 Å². The monoisotopic (exact) mass is 365 g/mol. The molecule has 0 unspecified atom stereocenters. The maximum atomic E-state index is 13.6. The zero-order valence-electron chi connectivity index (χ0n) is 14.4. The first kappa shape index (κ1) is 18.0. The molecule has 1 heterocycles. The molecule has 0 spiro atoms. The highest BCUT2D eigenvalue weighted by atomic mass is 19.1. The number of para-hydroxylation sites is 1. The molecule has 0 aliphatic rings. The fourth-order valence-corrected chi connectivity index (χ4v) is 2.25. The van der Waals surface area contributed by atoms with Crippen molar-refractivity contribution in [3.8, 4) is 0 Å². The van der Waals surface area contributed by atoms with Gasteiger partial charge in [0.15, 0.2) is 0 Å². The van der Waals surface area contributed by atoms with E-state index in [0.717, 1.165) is 0 Å². The van der Waals surface area contributed by atoms with Gasteiger partial charge in [0.1, 0.15) is 17.3 Å². The molecule has 2 aromatic carbocycles. The molecule has 3 N–H and O–H groups in total. The normalized spacial score (nSPS) is 10.1. The molecule has 0 bridgehead atoms. The van der Waals surface area contributed by atoms with Gasteiger partial charge in [-0.1, -0.05) is 12.1 Å². The third-order valence-electron chi connectivity index (χ3n) is 3.48. The van der Waals surface area contributed by atoms with Crippen molar-refractivity contribution >= 4 is 34.7 Å². The van der Waals surface area contributed by atoms with Crippen LogP contribution in [-0.4, -0.2) is 21.8 Å². The molecule has 0 radical (unpaired) electrons. The molecule has 0 fully saturated rings. The summed E-state index contributed by atoms with van der Waals surface area (Å²) in [5, 5.41) is 8.12. The van der Waals surface area contributed by atoms with E-state index in [0.29, 0.717) is 17.2 Å². The lowest BCUT2D eigenvalue weighted by molar-refractivity contribution is -0.114. The standard InChI is InChI=1S/C19H16FN5O2/c1-12(26)23-13-6-8-14(9-7-13)24-19(27)17-10-22-18(11-21-17)25-16-5-3-2-4-15(16)20/h2-11H,1H3,(H,22,25)(H,23,26)(H,24,27). The highest BCUT2D eigenvalue weighted by Crippen LogP contribution is 2.18. The second-order valence-electron chi connectivity index (χ2n) is 5.60. The van der Waals surface area contributed by atoms with E-state index in [-0.39, 0.29) is 17.3 Å². The first-order valence-corrected chi connectivity index (χ1v) is 8.04. The van der Waals surface area contributed by atoms with Crippen LogP contribution < -0.4 is 16.0 Å². The van der Waals surface area contributed by atoms with E-state index in [1.165, 1.54) is 25.4 Å². The van der Waals surface area contributed by atoms with E-state index in [9.17, 15) is 14.0 Å². The number of aromatic nitrogens is 2. The van der Waals surface area contributed by atoms with Crippen molar-refractivity contribution in [3.05, 3.63) is 72.4 Å². The van der Waals surface area contributed by atoms with Crippen LogP contribution >= 0.6 is 0 Å². The number of hydrogen-bond acceptors (Lipinski definition) is 5. The smallest absolute Gasteiger partial charge is 0.275 e. The summed E-state index contributed by atoms with van der Waals surface area (Å²) in [6, 6.07) is 12.8. The molecule has 7 nitrogen and oxygen atoms in total. The highest BCUT2D eigenvalue weighted by Gasteiger charge is 2.09. The number of halogens is 1. The van der Waals surface area contributed by atoms with Crippen molar-refractivity contribution in [2.24, 2.45) is 0 Å². The van der Waals surface area contributed by atoms with Crippen LogP contribution in [0.1, 0.15) is 17.4 Å². The van der Waals surface area contributed by atoms with E-state index in [1.807, 2.05) is 0 Å². The van der Waals surface area contributed by atoms with Crippen molar-refractivity contribution in [1.29, 1.82) is 0 Å². The third kappa shape index (κ3) is 4.85. The average Bonchev–Trinajstić information content (AvgIpc) is 2.65. The molecule has 0 saturated carbocycles. The molecule has 0 atom stereocenters. The maximum absolute atomic E-state index is 13.6. The van der Waals surface area contributed by atoms with Gasteiger partial charge >= 0.3 is 0 Å². The van der Waals surface area contributed by atoms with Gasteiger partial charge in [-0.3, -0.25) is 9.59 Å². The lowest BCUT2D eigenvalue weighted by Crippen LogP contribution is -2.14. The van der Waals surface area contributed by atoms with Crippen molar-refractivity contribution in [2.45, 2.75) is 6.92 Å². The zero-order valence-corrected chi connectivity index (χ0v) is 14.4. The molecule has 1 aromatic heterocycles. The molecule has 2 amide bonds. The Balaban J connectivity index is 1.63. The number of carbonyl (C=O) groups excluding carboxylic acids is 2. The van der Waals surface area contributed by atoms with Crippen LogP contribution in [0, 0.1) is 5.82 Å². The summed E-state index contributed by atoms with van der Waals surface area (Å²) < 4.78 is 13.6. The second-order valence-corrected chi connectivity index (χ2v) is 5.60. The number of carbonyl (C=O) groups is 2. The molecular formula is C19H16FN5O2. The molecule has 3 aromatic rings. The molecule has 0 aliphatic heterocycles. The minimum Gasteiger partial charge on any atom is -0.337 e. The molecule has 0 aliphatic carbocycles. The highest BCUT2D eigenvalue weighted by molar-refractivity contribution is 6.02. The van der Waals surface area contributed by atoms with E-state index in [4.69, 9.17) is 0 Å². The molecule has 3 rings (SSSR count). The van der Waals surface area contributed by atoms with Crippen LogP contribution in [0.4, 0.5) is 27.3 Å². The Hall–Kier alpha value is -3.81. The fourth-order valence-electron chi connectivity index (χ4n) is 2.25. The number of benzene rings is 2. The zero-order chi connectivity index (χ0) is 19.2. The van der Waals surface area contributed by atoms with Crippen LogP contribution in [0.15, 0.2) is 60.9 Å². The van der Waals surface area contributed by atoms with Crippen LogP contribution in [0.2, 0.25) is 0 Å². The Labute approximate surface area is 154 Å². The van der Waals surface area contributed by atoms with Crippen molar-refractivity contribution < 1.29 is 14.0 Å². The maximum Gasteiger partial charge on any atom is 0.275 e. The van der Waals surface area contributed by atoms with Gasteiger partial charge in [0.2, 0.25) is 5.91 Å². The predicted octanol–water partition coefficient (Wildman–Crippen LogP) is 3.57. The van der Waals surface area contributed by atoms with Gasteiger partial charge in [-0.25, -0.2) is 14.4 Å². The van der Waals surface area contributed by atoms with Gasteiger partial charge in [0.25, 0.3) is 5.91 Å². The number of nitrogens with one attached hydrogen (secondary N) is 3. The van der Waals surface area contributed by atoms with Gasteiger partial charge in [-0.05, 0) is 36.4 Å².